The molecular formula is C14H20N2O3S2. The predicted molar refractivity (Wildman–Crippen MR) is 87.4 cm³/mol. The van der Waals surface area contributed by atoms with E-state index in [2.05, 4.69) is 4.90 Å². The Morgan fingerprint density at radius 2 is 2.24 bits per heavy atom. The van der Waals surface area contributed by atoms with Crippen LogP contribution in [0.25, 0.3) is 0 Å². The summed E-state index contributed by atoms with van der Waals surface area (Å²) >= 11 is 5.03. The maximum Gasteiger partial charge on any atom is 0.151 e. The van der Waals surface area contributed by atoms with E-state index < -0.39 is 9.84 Å². The molecule has 1 fully saturated rings. The van der Waals surface area contributed by atoms with Crippen molar-refractivity contribution in [2.45, 2.75) is 19.0 Å². The number of methoxy groups -OCH3 is 1. The molecule has 7 heteroatoms. The van der Waals surface area contributed by atoms with Crippen LogP contribution in [0, 0.1) is 0 Å². The molecule has 0 radical (unpaired) electrons. The van der Waals surface area contributed by atoms with Crippen LogP contribution in [0.3, 0.4) is 0 Å². The lowest BCUT2D eigenvalue weighted by molar-refractivity contribution is 0.254. The molecule has 2 rings (SSSR count). The van der Waals surface area contributed by atoms with Crippen molar-refractivity contribution in [3.05, 3.63) is 29.3 Å². The summed E-state index contributed by atoms with van der Waals surface area (Å²) in [5.74, 6) is 1.17. The standard InChI is InChI=1S/C14H20N2O3S2/c1-16(11-5-6-21(17,18)9-11)8-10-3-4-13(19-2)12(7-10)14(15)20/h3-4,7,11H,5-6,8-9H2,1-2H3,(H2,15,20). The van der Waals surface area contributed by atoms with Crippen LogP contribution in [-0.2, 0) is 16.4 Å². The number of thiocarbonyl (C=S) groups is 1. The molecule has 1 aliphatic heterocycles. The highest BCUT2D eigenvalue weighted by Gasteiger charge is 2.30. The molecular weight excluding hydrogens is 308 g/mol. The molecule has 21 heavy (non-hydrogen) atoms. The van der Waals surface area contributed by atoms with Crippen molar-refractivity contribution >= 4 is 27.0 Å². The summed E-state index contributed by atoms with van der Waals surface area (Å²) in [6.07, 6.45) is 0.692. The molecule has 1 aromatic carbocycles. The highest BCUT2D eigenvalue weighted by molar-refractivity contribution is 7.91. The largest absolute Gasteiger partial charge is 0.496 e. The number of hydrogen-bond acceptors (Lipinski definition) is 5. The first-order valence-electron chi connectivity index (χ1n) is 6.70. The second-order valence-electron chi connectivity index (χ2n) is 5.37. The Bertz CT molecular complexity index is 644. The van der Waals surface area contributed by atoms with Crippen LogP contribution >= 0.6 is 12.2 Å². The van der Waals surface area contributed by atoms with Crippen LogP contribution in [0.15, 0.2) is 18.2 Å². The molecule has 1 unspecified atom stereocenters. The third-order valence-electron chi connectivity index (χ3n) is 3.79. The third-order valence-corrected chi connectivity index (χ3v) is 5.76. The SMILES string of the molecule is COc1ccc(CN(C)C2CCS(=O)(=O)C2)cc1C(N)=S. The van der Waals surface area contributed by atoms with E-state index in [1.54, 1.807) is 7.11 Å². The van der Waals surface area contributed by atoms with E-state index in [0.29, 0.717) is 29.3 Å². The lowest BCUT2D eigenvalue weighted by atomic mass is 10.1. The molecule has 1 atom stereocenters. The van der Waals surface area contributed by atoms with Crippen molar-refractivity contribution in [1.29, 1.82) is 0 Å². The van der Waals surface area contributed by atoms with Gasteiger partial charge in [-0.2, -0.15) is 0 Å². The Balaban J connectivity index is 2.13. The van der Waals surface area contributed by atoms with Crippen LogP contribution in [0.1, 0.15) is 17.5 Å². The maximum atomic E-state index is 11.5. The molecule has 0 spiro atoms. The van der Waals surface area contributed by atoms with E-state index in [4.69, 9.17) is 22.7 Å². The number of rotatable bonds is 5. The van der Waals surface area contributed by atoms with Gasteiger partial charge in [0.05, 0.1) is 24.2 Å². The average Bonchev–Trinajstić information content (AvgIpc) is 2.79. The van der Waals surface area contributed by atoms with Crippen molar-refractivity contribution in [3.63, 3.8) is 0 Å². The Labute approximate surface area is 131 Å². The van der Waals surface area contributed by atoms with Gasteiger partial charge in [0.25, 0.3) is 0 Å². The molecule has 1 aliphatic rings. The fraction of sp³-hybridized carbons (Fsp3) is 0.500. The van der Waals surface area contributed by atoms with Crippen LogP contribution in [0.2, 0.25) is 0 Å². The average molecular weight is 328 g/mol. The summed E-state index contributed by atoms with van der Waals surface area (Å²) in [4.78, 5) is 2.36. The molecule has 1 saturated heterocycles. The van der Waals surface area contributed by atoms with Gasteiger partial charge in [0, 0.05) is 12.6 Å². The molecule has 1 aromatic rings. The quantitative estimate of drug-likeness (QED) is 0.811. The molecule has 2 N–H and O–H groups in total. The number of ether oxygens (including phenoxy) is 1. The highest BCUT2D eigenvalue weighted by Crippen LogP contribution is 2.23. The summed E-state index contributed by atoms with van der Waals surface area (Å²) < 4.78 is 28.3. The number of sulfone groups is 1. The van der Waals surface area contributed by atoms with E-state index in [1.807, 2.05) is 25.2 Å². The number of nitrogens with two attached hydrogens (primary N) is 1. The van der Waals surface area contributed by atoms with E-state index in [0.717, 1.165) is 5.56 Å². The lowest BCUT2D eigenvalue weighted by Gasteiger charge is -2.23. The molecule has 0 bridgehead atoms. The molecule has 5 nitrogen and oxygen atoms in total. The van der Waals surface area contributed by atoms with Crippen LogP contribution in [0.5, 0.6) is 5.75 Å². The van der Waals surface area contributed by atoms with Gasteiger partial charge in [-0.05, 0) is 31.2 Å². The topological polar surface area (TPSA) is 72.6 Å². The van der Waals surface area contributed by atoms with E-state index in [-0.39, 0.29) is 17.5 Å². The van der Waals surface area contributed by atoms with E-state index in [9.17, 15) is 8.42 Å². The minimum Gasteiger partial charge on any atom is -0.496 e. The smallest absolute Gasteiger partial charge is 0.151 e. The monoisotopic (exact) mass is 328 g/mol. The van der Waals surface area contributed by atoms with Crippen molar-refractivity contribution < 1.29 is 13.2 Å². The zero-order chi connectivity index (χ0) is 15.6. The fourth-order valence-electron chi connectivity index (χ4n) is 2.59. The second-order valence-corrected chi connectivity index (χ2v) is 8.04. The Morgan fingerprint density at radius 3 is 2.76 bits per heavy atom. The highest BCUT2D eigenvalue weighted by atomic mass is 32.2. The van der Waals surface area contributed by atoms with Crippen molar-refractivity contribution in [2.24, 2.45) is 5.73 Å². The van der Waals surface area contributed by atoms with E-state index >= 15 is 0 Å². The molecule has 0 aromatic heterocycles. The van der Waals surface area contributed by atoms with Gasteiger partial charge < -0.3 is 10.5 Å². The number of nitrogens with zero attached hydrogens (tertiary/aromatic N) is 1. The fourth-order valence-corrected chi connectivity index (χ4v) is 4.55. The van der Waals surface area contributed by atoms with Gasteiger partial charge >= 0.3 is 0 Å². The van der Waals surface area contributed by atoms with Gasteiger partial charge in [0.1, 0.15) is 10.7 Å². The summed E-state index contributed by atoms with van der Waals surface area (Å²) in [6.45, 7) is 0.653. The third kappa shape index (κ3) is 3.93. The van der Waals surface area contributed by atoms with Gasteiger partial charge in [-0.25, -0.2) is 8.42 Å². The van der Waals surface area contributed by atoms with Gasteiger partial charge in [0.2, 0.25) is 0 Å². The predicted octanol–water partition coefficient (Wildman–Crippen LogP) is 0.948. The first-order valence-corrected chi connectivity index (χ1v) is 8.93. The number of hydrogen-bond donors (Lipinski definition) is 1. The summed E-state index contributed by atoms with van der Waals surface area (Å²) in [5, 5.41) is 0. The van der Waals surface area contributed by atoms with Crippen LogP contribution in [-0.4, -0.2) is 50.0 Å². The van der Waals surface area contributed by atoms with Crippen molar-refractivity contribution in [2.75, 3.05) is 25.7 Å². The molecule has 1 heterocycles. The number of benzene rings is 1. The second kappa shape index (κ2) is 6.29. The summed E-state index contributed by atoms with van der Waals surface area (Å²) in [5.41, 5.74) is 7.44. The first-order chi connectivity index (χ1) is 9.82. The minimum atomic E-state index is -2.87. The molecule has 0 aliphatic carbocycles. The summed E-state index contributed by atoms with van der Waals surface area (Å²) in [7, 11) is 0.649. The van der Waals surface area contributed by atoms with Gasteiger partial charge in [0.15, 0.2) is 9.84 Å². The zero-order valence-electron chi connectivity index (χ0n) is 12.2. The molecule has 0 amide bonds. The van der Waals surface area contributed by atoms with Crippen LogP contribution < -0.4 is 10.5 Å². The van der Waals surface area contributed by atoms with Crippen molar-refractivity contribution in [1.82, 2.24) is 4.90 Å². The first kappa shape index (κ1) is 16.2. The van der Waals surface area contributed by atoms with Gasteiger partial charge in [-0.3, -0.25) is 4.90 Å². The van der Waals surface area contributed by atoms with Gasteiger partial charge in [-0.1, -0.05) is 18.3 Å². The maximum absolute atomic E-state index is 11.5. The normalized spacial score (nSPS) is 20.6. The summed E-state index contributed by atoms with van der Waals surface area (Å²) in [6, 6.07) is 5.76. The molecule has 0 saturated carbocycles. The zero-order valence-corrected chi connectivity index (χ0v) is 13.8. The van der Waals surface area contributed by atoms with Crippen molar-refractivity contribution in [3.8, 4) is 5.75 Å². The van der Waals surface area contributed by atoms with Crippen LogP contribution in [0.4, 0.5) is 0 Å². The Kier molecular flexibility index (Phi) is 4.85. The lowest BCUT2D eigenvalue weighted by Crippen LogP contribution is -2.32. The molecule has 116 valence electrons. The van der Waals surface area contributed by atoms with Gasteiger partial charge in [-0.15, -0.1) is 0 Å². The minimum absolute atomic E-state index is 0.0744. The van der Waals surface area contributed by atoms with E-state index in [1.165, 1.54) is 0 Å². The Hall–Kier alpha value is -1.18. The Morgan fingerprint density at radius 1 is 1.52 bits per heavy atom.